The number of aryl methyl sites for hydroxylation is 1. The van der Waals surface area contributed by atoms with Crippen LogP contribution in [0.2, 0.25) is 0 Å². The summed E-state index contributed by atoms with van der Waals surface area (Å²) < 4.78 is 1.87. The van der Waals surface area contributed by atoms with Crippen molar-refractivity contribution in [3.63, 3.8) is 0 Å². The molecular weight excluding hydrogens is 348 g/mol. The molecule has 1 aliphatic carbocycles. The van der Waals surface area contributed by atoms with Gasteiger partial charge in [-0.3, -0.25) is 4.68 Å². The Morgan fingerprint density at radius 3 is 2.54 bits per heavy atom. The highest BCUT2D eigenvalue weighted by atomic mass is 15.3. The minimum absolute atomic E-state index is 0.661. The summed E-state index contributed by atoms with van der Waals surface area (Å²) in [7, 11) is 4.18. The van der Waals surface area contributed by atoms with Crippen molar-refractivity contribution in [3.8, 4) is 0 Å². The molecule has 2 N–H and O–H groups in total. The zero-order valence-corrected chi connectivity index (χ0v) is 17.5. The monoisotopic (exact) mass is 382 g/mol. The first kappa shape index (κ1) is 20.2. The lowest BCUT2D eigenvalue weighted by Gasteiger charge is -2.33. The molecule has 3 rings (SSSR count). The molecule has 28 heavy (non-hydrogen) atoms. The number of aliphatic imine (C=N–C) groups is 1. The summed E-state index contributed by atoms with van der Waals surface area (Å²) in [6.45, 7) is 4.28. The van der Waals surface area contributed by atoms with Crippen molar-refractivity contribution >= 4 is 11.6 Å². The molecule has 1 fully saturated rings. The van der Waals surface area contributed by atoms with Gasteiger partial charge >= 0.3 is 0 Å². The molecule has 0 bridgehead atoms. The van der Waals surface area contributed by atoms with Gasteiger partial charge in [0.25, 0.3) is 0 Å². The number of nitrogens with zero attached hydrogens (tertiary/aromatic N) is 4. The first-order chi connectivity index (χ1) is 13.7. The first-order valence-electron chi connectivity index (χ1n) is 10.5. The van der Waals surface area contributed by atoms with Crippen molar-refractivity contribution in [2.24, 2.45) is 12.0 Å². The van der Waals surface area contributed by atoms with E-state index in [9.17, 15) is 0 Å². The maximum atomic E-state index is 4.73. The van der Waals surface area contributed by atoms with Gasteiger partial charge in [0.05, 0.1) is 18.8 Å². The molecule has 1 aliphatic rings. The normalized spacial score (nSPS) is 15.5. The van der Waals surface area contributed by atoms with Crippen LogP contribution in [0.3, 0.4) is 0 Å². The molecule has 2 aromatic rings. The van der Waals surface area contributed by atoms with Gasteiger partial charge in [-0.05, 0) is 43.5 Å². The van der Waals surface area contributed by atoms with Crippen LogP contribution >= 0.6 is 0 Å². The van der Waals surface area contributed by atoms with Crippen LogP contribution < -0.4 is 15.5 Å². The van der Waals surface area contributed by atoms with Gasteiger partial charge in [0.15, 0.2) is 5.96 Å². The number of hydrogen-bond acceptors (Lipinski definition) is 3. The molecule has 0 amide bonds. The third-order valence-electron chi connectivity index (χ3n) is 5.59. The largest absolute Gasteiger partial charge is 0.372 e. The summed E-state index contributed by atoms with van der Waals surface area (Å²) in [6.07, 6.45) is 8.56. The van der Waals surface area contributed by atoms with Gasteiger partial charge in [-0.2, -0.15) is 5.10 Å². The van der Waals surface area contributed by atoms with Crippen LogP contribution in [0.4, 0.5) is 5.69 Å². The van der Waals surface area contributed by atoms with Gasteiger partial charge in [0.1, 0.15) is 0 Å². The Hall–Kier alpha value is -2.50. The second kappa shape index (κ2) is 10.2. The average molecular weight is 383 g/mol. The van der Waals surface area contributed by atoms with E-state index in [1.807, 2.05) is 24.0 Å². The molecule has 0 aliphatic heterocycles. The molecule has 6 heteroatoms. The van der Waals surface area contributed by atoms with E-state index in [1.54, 1.807) is 0 Å². The number of nitrogens with one attached hydrogen (secondary N) is 2. The second-order valence-corrected chi connectivity index (χ2v) is 7.56. The quantitative estimate of drug-likeness (QED) is 0.569. The van der Waals surface area contributed by atoms with Crippen molar-refractivity contribution in [1.29, 1.82) is 0 Å². The molecule has 0 radical (unpaired) electrons. The molecule has 1 aromatic carbocycles. The van der Waals surface area contributed by atoms with Crippen LogP contribution in [0.1, 0.15) is 50.3 Å². The van der Waals surface area contributed by atoms with Crippen LogP contribution in [-0.4, -0.2) is 35.4 Å². The van der Waals surface area contributed by atoms with Crippen LogP contribution in [-0.2, 0) is 20.1 Å². The third kappa shape index (κ3) is 5.50. The highest BCUT2D eigenvalue weighted by Gasteiger charge is 2.18. The third-order valence-corrected chi connectivity index (χ3v) is 5.59. The van der Waals surface area contributed by atoms with Crippen LogP contribution in [0.5, 0.6) is 0 Å². The minimum atomic E-state index is 0.661. The van der Waals surface area contributed by atoms with E-state index >= 15 is 0 Å². The summed E-state index contributed by atoms with van der Waals surface area (Å²) in [5.41, 5.74) is 3.65. The molecule has 1 heterocycles. The number of guanidine groups is 1. The van der Waals surface area contributed by atoms with Gasteiger partial charge in [0, 0.05) is 38.6 Å². The zero-order chi connectivity index (χ0) is 19.8. The molecule has 1 aromatic heterocycles. The van der Waals surface area contributed by atoms with Crippen molar-refractivity contribution in [2.45, 2.75) is 58.2 Å². The summed E-state index contributed by atoms with van der Waals surface area (Å²) >= 11 is 0. The van der Waals surface area contributed by atoms with Crippen molar-refractivity contribution in [1.82, 2.24) is 20.4 Å². The Labute approximate surface area is 169 Å². The summed E-state index contributed by atoms with van der Waals surface area (Å²) in [6, 6.07) is 11.6. The van der Waals surface area contributed by atoms with Crippen LogP contribution in [0.25, 0.3) is 0 Å². The zero-order valence-electron chi connectivity index (χ0n) is 17.5. The number of aromatic nitrogens is 2. The fraction of sp³-hybridized carbons (Fsp3) is 0.545. The lowest BCUT2D eigenvalue weighted by Crippen LogP contribution is -2.37. The topological polar surface area (TPSA) is 57.5 Å². The van der Waals surface area contributed by atoms with Crippen LogP contribution in [0, 0.1) is 0 Å². The Morgan fingerprint density at radius 1 is 1.14 bits per heavy atom. The van der Waals surface area contributed by atoms with E-state index < -0.39 is 0 Å². The number of benzene rings is 1. The highest BCUT2D eigenvalue weighted by molar-refractivity contribution is 5.79. The van der Waals surface area contributed by atoms with E-state index in [1.165, 1.54) is 43.4 Å². The van der Waals surface area contributed by atoms with E-state index in [2.05, 4.69) is 58.9 Å². The van der Waals surface area contributed by atoms with Gasteiger partial charge in [-0.25, -0.2) is 4.99 Å². The van der Waals surface area contributed by atoms with Crippen LogP contribution in [0.15, 0.2) is 41.5 Å². The fourth-order valence-electron chi connectivity index (χ4n) is 3.78. The summed E-state index contributed by atoms with van der Waals surface area (Å²) in [4.78, 5) is 7.18. The Kier molecular flexibility index (Phi) is 7.34. The van der Waals surface area contributed by atoms with E-state index in [4.69, 9.17) is 4.99 Å². The second-order valence-electron chi connectivity index (χ2n) is 7.56. The number of hydrogen-bond donors (Lipinski definition) is 2. The maximum Gasteiger partial charge on any atom is 0.191 e. The minimum Gasteiger partial charge on any atom is -0.372 e. The fourth-order valence-corrected chi connectivity index (χ4v) is 3.78. The van der Waals surface area contributed by atoms with Gasteiger partial charge in [-0.15, -0.1) is 0 Å². The highest BCUT2D eigenvalue weighted by Crippen LogP contribution is 2.26. The lowest BCUT2D eigenvalue weighted by atomic mass is 9.94. The summed E-state index contributed by atoms with van der Waals surface area (Å²) in [5.74, 6) is 0.826. The lowest BCUT2D eigenvalue weighted by molar-refractivity contribution is 0.427. The number of rotatable bonds is 7. The Balaban J connectivity index is 1.56. The predicted molar refractivity (Wildman–Crippen MR) is 117 cm³/mol. The Morgan fingerprint density at radius 2 is 1.89 bits per heavy atom. The van der Waals surface area contributed by atoms with Crippen molar-refractivity contribution < 1.29 is 0 Å². The van der Waals surface area contributed by atoms with Gasteiger partial charge in [-0.1, -0.05) is 31.4 Å². The van der Waals surface area contributed by atoms with E-state index in [-0.39, 0.29) is 0 Å². The van der Waals surface area contributed by atoms with Gasteiger partial charge < -0.3 is 15.5 Å². The SMILES string of the molecule is CCNC(=NCc1ccc(N(C)C2CCCCC2)cc1)NCc1ccnn1C. The molecule has 6 nitrogen and oxygen atoms in total. The standard InChI is InChI=1S/C22H34N6/c1-4-23-22(25-17-21-14-15-26-28(21)3)24-16-18-10-12-20(13-11-18)27(2)19-8-6-5-7-9-19/h10-15,19H,4-9,16-17H2,1-3H3,(H2,23,24,25). The molecule has 152 valence electrons. The van der Waals surface area contributed by atoms with E-state index in [0.717, 1.165) is 18.2 Å². The molecule has 0 atom stereocenters. The Bertz CT molecular complexity index is 743. The van der Waals surface area contributed by atoms with Crippen molar-refractivity contribution in [2.75, 3.05) is 18.5 Å². The molecule has 0 saturated heterocycles. The smallest absolute Gasteiger partial charge is 0.191 e. The number of anilines is 1. The molecule has 0 unspecified atom stereocenters. The molecule has 0 spiro atoms. The average Bonchev–Trinajstić information content (AvgIpc) is 3.15. The van der Waals surface area contributed by atoms with Crippen molar-refractivity contribution in [3.05, 3.63) is 47.8 Å². The molecule has 1 saturated carbocycles. The maximum absolute atomic E-state index is 4.73. The van der Waals surface area contributed by atoms with E-state index in [0.29, 0.717) is 19.1 Å². The predicted octanol–water partition coefficient (Wildman–Crippen LogP) is 3.44. The summed E-state index contributed by atoms with van der Waals surface area (Å²) in [5, 5.41) is 10.9. The molecular formula is C22H34N6. The van der Waals surface area contributed by atoms with Gasteiger partial charge in [0.2, 0.25) is 0 Å². The first-order valence-corrected chi connectivity index (χ1v) is 10.5.